The fourth-order valence-corrected chi connectivity index (χ4v) is 14.1. The van der Waals surface area contributed by atoms with Gasteiger partial charge in [0.15, 0.2) is 17.8 Å². The van der Waals surface area contributed by atoms with Crippen LogP contribution in [0.5, 0.6) is 5.75 Å². The molecule has 1 aromatic heterocycles. The Morgan fingerprint density at radius 3 is 2.47 bits per heavy atom. The van der Waals surface area contributed by atoms with E-state index in [4.69, 9.17) is 23.4 Å². The van der Waals surface area contributed by atoms with Crippen LogP contribution in [0.15, 0.2) is 124 Å². The second kappa shape index (κ2) is 22.1. The van der Waals surface area contributed by atoms with Gasteiger partial charge in [0, 0.05) is 72.7 Å². The first kappa shape index (κ1) is 50.8. The van der Waals surface area contributed by atoms with Crippen LogP contribution in [0.1, 0.15) is 145 Å². The lowest BCUT2D eigenvalue weighted by atomic mass is 9.56. The number of methoxy groups -OCH3 is 1. The summed E-state index contributed by atoms with van der Waals surface area (Å²) in [4.78, 5) is 45.5. The molecule has 5 heterocycles. The van der Waals surface area contributed by atoms with Crippen molar-refractivity contribution in [3.63, 3.8) is 0 Å². The number of carbonyl (C=O) groups is 2. The second-order valence-corrected chi connectivity index (χ2v) is 21.9. The van der Waals surface area contributed by atoms with E-state index in [1.807, 2.05) is 6.07 Å². The molecule has 4 aromatic carbocycles. The Kier molecular flexibility index (Phi) is 15.0. The minimum atomic E-state index is -1.31. The molecule has 75 heavy (non-hydrogen) atoms. The number of rotatable bonds is 10. The number of esters is 2. The first-order chi connectivity index (χ1) is 36.7. The molecule has 0 saturated heterocycles. The number of aliphatic hydroxyl groups is 3. The Bertz CT molecular complexity index is 3100. The number of aliphatic hydroxyl groups excluding tert-OH is 3. The van der Waals surface area contributed by atoms with E-state index in [1.165, 1.54) is 23.8 Å². The van der Waals surface area contributed by atoms with Gasteiger partial charge in [-0.2, -0.15) is 0 Å². The van der Waals surface area contributed by atoms with Crippen LogP contribution in [-0.2, 0) is 43.2 Å². The first-order valence-electron chi connectivity index (χ1n) is 27.3. The summed E-state index contributed by atoms with van der Waals surface area (Å²) in [5.74, 6) is 5.49. The monoisotopic (exact) mass is 1010 g/mol. The normalized spacial score (nSPS) is 27.8. The van der Waals surface area contributed by atoms with Crippen molar-refractivity contribution in [2.75, 3.05) is 26.9 Å². The Hall–Kier alpha value is -6.29. The van der Waals surface area contributed by atoms with Crippen LogP contribution >= 0.6 is 0 Å². The number of carbonyl (C=O) groups excluding carboxylic acids is 2. The van der Waals surface area contributed by atoms with E-state index in [0.29, 0.717) is 59.9 Å². The van der Waals surface area contributed by atoms with E-state index in [0.717, 1.165) is 49.7 Å². The molecule has 3 aliphatic carbocycles. The molecule has 390 valence electrons. The predicted octanol–water partition coefficient (Wildman–Crippen LogP) is 10.4. The molecule has 5 aromatic rings. The highest BCUT2D eigenvalue weighted by Gasteiger charge is 2.63. The van der Waals surface area contributed by atoms with Gasteiger partial charge in [0.2, 0.25) is 0 Å². The third-order valence-electron chi connectivity index (χ3n) is 17.7. The number of hydrogen-bond donors (Lipinski definition) is 3. The molecule has 12 rings (SSSR count). The highest BCUT2D eigenvalue weighted by molar-refractivity contribution is 5.91. The van der Waals surface area contributed by atoms with Gasteiger partial charge in [-0.05, 0) is 134 Å². The summed E-state index contributed by atoms with van der Waals surface area (Å²) in [6.07, 6.45) is 10.1. The highest BCUT2D eigenvalue weighted by atomic mass is 16.6. The Labute approximate surface area is 438 Å². The van der Waals surface area contributed by atoms with Gasteiger partial charge < -0.3 is 38.7 Å². The van der Waals surface area contributed by atoms with Gasteiger partial charge in [-0.3, -0.25) is 4.79 Å². The van der Waals surface area contributed by atoms with Crippen molar-refractivity contribution < 1.29 is 48.3 Å². The second-order valence-electron chi connectivity index (χ2n) is 21.9. The lowest BCUT2D eigenvalue weighted by Gasteiger charge is -2.56. The highest BCUT2D eigenvalue weighted by Crippen LogP contribution is 2.59. The summed E-state index contributed by atoms with van der Waals surface area (Å²) in [6.45, 7) is -1.02. The molecule has 4 aliphatic heterocycles. The van der Waals surface area contributed by atoms with E-state index >= 15 is 9.59 Å². The number of fused-ring (bicyclic) bond motifs is 8. The predicted molar refractivity (Wildman–Crippen MR) is 284 cm³/mol. The van der Waals surface area contributed by atoms with Crippen LogP contribution in [0.3, 0.4) is 0 Å². The average molecular weight is 1010 g/mol. The summed E-state index contributed by atoms with van der Waals surface area (Å²) in [5, 5.41) is 32.7. The maximum absolute atomic E-state index is 15.5. The molecule has 2 fully saturated rings. The molecule has 10 unspecified atom stereocenters. The summed E-state index contributed by atoms with van der Waals surface area (Å²) < 4.78 is 33.5. The van der Waals surface area contributed by atoms with Gasteiger partial charge in [0.1, 0.15) is 11.3 Å². The minimum Gasteiger partial charge on any atom is -0.482 e. The van der Waals surface area contributed by atoms with E-state index in [1.54, 1.807) is 12.1 Å². The van der Waals surface area contributed by atoms with Gasteiger partial charge >= 0.3 is 17.6 Å². The van der Waals surface area contributed by atoms with E-state index in [-0.39, 0.29) is 91.3 Å². The zero-order chi connectivity index (χ0) is 51.6. The Morgan fingerprint density at radius 2 is 1.67 bits per heavy atom. The van der Waals surface area contributed by atoms with Gasteiger partial charge in [-0.25, -0.2) is 9.59 Å². The summed E-state index contributed by atoms with van der Waals surface area (Å²) in [6, 6.07) is 31.2. The van der Waals surface area contributed by atoms with Crippen molar-refractivity contribution in [1.29, 1.82) is 0 Å². The van der Waals surface area contributed by atoms with Crippen LogP contribution in [0, 0.1) is 35.5 Å². The maximum atomic E-state index is 15.5. The van der Waals surface area contributed by atoms with Crippen LogP contribution in [-0.4, -0.2) is 65.9 Å². The molecule has 1 spiro atoms. The molecule has 3 N–H and O–H groups in total. The molecule has 11 nitrogen and oxygen atoms in total. The third kappa shape index (κ3) is 9.92. The standard InChI is InChI=1S/C64H68O11/c1-71-38-47(29-31-65)57-53(37-67)52-27-28-55-58(59(52)73-63(57)70)60-61-64(75-55)30-9-17-50-42(15-8-18-54(50)64)13-5-6-14-46(36-66)51(62(69)74-61)25-21-39-19-22-43(23-20-39)49-26-24-45(34-48(49)35-56(68)72-60)44-16-7-12-41(33-44)32-40-10-3-2-4-11-40/h2-4,7,10-12,16,19-20,22-24,26-28,33,42,45,47-50,54,60-61,65-67H,6,8-9,14-15,17-18,21,25,29-32,34-38H2,1H3. The Morgan fingerprint density at radius 1 is 0.827 bits per heavy atom. The SMILES string of the molecule is COCC(CCO)c1c(CO)c2ccc3c(c2oc1=O)C1OC(=O)CC2CC(c4cccc(Cc5ccccc5)c4)C=CC2c2ccc(cc2)CCC2=C(CO)CCC#CC4CCCC5C4CCCC5(O3)C1OC2=O. The average Bonchev–Trinajstić information content (AvgIpc) is 3.42. The summed E-state index contributed by atoms with van der Waals surface area (Å²) >= 11 is 0. The van der Waals surface area contributed by atoms with Crippen molar-refractivity contribution in [3.05, 3.63) is 169 Å². The molecule has 0 radical (unpaired) electrons. The lowest BCUT2D eigenvalue weighted by Crippen LogP contribution is -2.64. The van der Waals surface area contributed by atoms with Gasteiger partial charge in [-0.1, -0.05) is 103 Å². The zero-order valence-electron chi connectivity index (χ0n) is 42.8. The molecule has 11 heteroatoms. The summed E-state index contributed by atoms with van der Waals surface area (Å²) in [5.41, 5.74) is 5.52. The van der Waals surface area contributed by atoms with Crippen molar-refractivity contribution in [3.8, 4) is 17.6 Å². The van der Waals surface area contributed by atoms with Crippen molar-refractivity contribution in [2.45, 2.75) is 132 Å². The van der Waals surface area contributed by atoms with Crippen molar-refractivity contribution >= 4 is 22.9 Å². The van der Waals surface area contributed by atoms with E-state index < -0.39 is 47.9 Å². The molecule has 10 atom stereocenters. The van der Waals surface area contributed by atoms with Crippen molar-refractivity contribution in [2.24, 2.45) is 23.7 Å². The minimum absolute atomic E-state index is 0.0209. The van der Waals surface area contributed by atoms with Crippen LogP contribution in [0.2, 0.25) is 0 Å². The third-order valence-corrected chi connectivity index (χ3v) is 17.7. The van der Waals surface area contributed by atoms with Gasteiger partial charge in [0.25, 0.3) is 0 Å². The fourth-order valence-electron chi connectivity index (χ4n) is 14.1. The molecule has 7 aliphatic rings. The van der Waals surface area contributed by atoms with Gasteiger partial charge in [-0.15, -0.1) is 5.92 Å². The first-order valence-corrected chi connectivity index (χ1v) is 27.3. The molecule has 8 bridgehead atoms. The van der Waals surface area contributed by atoms with Gasteiger partial charge in [0.05, 0.1) is 25.4 Å². The van der Waals surface area contributed by atoms with Crippen LogP contribution in [0.4, 0.5) is 0 Å². The summed E-state index contributed by atoms with van der Waals surface area (Å²) in [7, 11) is 1.51. The number of aryl methyl sites for hydroxylation is 1. The number of benzene rings is 4. The number of hydrogen-bond acceptors (Lipinski definition) is 11. The molecule has 0 amide bonds. The fraction of sp³-hybridized carbons (Fsp3) is 0.453. The largest absolute Gasteiger partial charge is 0.482 e. The molecular weight excluding hydrogens is 945 g/mol. The maximum Gasteiger partial charge on any atom is 0.340 e. The van der Waals surface area contributed by atoms with Crippen molar-refractivity contribution in [1.82, 2.24) is 0 Å². The topological polar surface area (TPSA) is 162 Å². The number of ether oxygens (including phenoxy) is 4. The molecule has 2 saturated carbocycles. The van der Waals surface area contributed by atoms with Crippen LogP contribution < -0.4 is 10.4 Å². The zero-order valence-corrected chi connectivity index (χ0v) is 42.8. The quantitative estimate of drug-likeness (QED) is 0.0528. The van der Waals surface area contributed by atoms with E-state index in [2.05, 4.69) is 96.8 Å². The molecular formula is C64H68O11. The Balaban J connectivity index is 1.08. The van der Waals surface area contributed by atoms with E-state index in [9.17, 15) is 20.1 Å². The lowest BCUT2D eigenvalue weighted by molar-refractivity contribution is -0.218. The number of allylic oxidation sites excluding steroid dienone is 2. The smallest absolute Gasteiger partial charge is 0.340 e. The van der Waals surface area contributed by atoms with Crippen LogP contribution in [0.25, 0.3) is 11.0 Å².